The van der Waals surface area contributed by atoms with Crippen LogP contribution in [0.1, 0.15) is 12.5 Å². The quantitative estimate of drug-likeness (QED) is 0.317. The standard InChI is InChI=1S/C26H23F3N4O2S/c1-14-4-10-19-21(12-14)36-26(32-19)16-5-7-17(8-6-16)30-25(35)15(2)33(3)13-22(34)31-20-11-9-18(27)23(28)24(20)29/h4-12,15H,13H2,1-3H3,(H,30,35)(H,31,34). The van der Waals surface area contributed by atoms with Crippen LogP contribution in [0.2, 0.25) is 0 Å². The van der Waals surface area contributed by atoms with Crippen molar-refractivity contribution >= 4 is 44.7 Å². The van der Waals surface area contributed by atoms with Gasteiger partial charge in [-0.3, -0.25) is 14.5 Å². The lowest BCUT2D eigenvalue weighted by molar-refractivity contribution is -0.122. The maximum Gasteiger partial charge on any atom is 0.241 e. The van der Waals surface area contributed by atoms with Gasteiger partial charge >= 0.3 is 0 Å². The first kappa shape index (κ1) is 25.3. The second-order valence-corrected chi connectivity index (χ2v) is 9.45. The van der Waals surface area contributed by atoms with Crippen molar-refractivity contribution in [3.8, 4) is 10.6 Å². The molecule has 36 heavy (non-hydrogen) atoms. The number of carbonyl (C=O) groups is 2. The van der Waals surface area contributed by atoms with E-state index in [1.54, 1.807) is 37.4 Å². The van der Waals surface area contributed by atoms with Crippen LogP contribution in [-0.2, 0) is 9.59 Å². The van der Waals surface area contributed by atoms with E-state index in [4.69, 9.17) is 0 Å². The molecule has 6 nitrogen and oxygen atoms in total. The summed E-state index contributed by atoms with van der Waals surface area (Å²) in [5.74, 6) is -5.54. The zero-order chi connectivity index (χ0) is 26.0. The molecule has 2 N–H and O–H groups in total. The molecule has 0 aliphatic rings. The topological polar surface area (TPSA) is 74.3 Å². The van der Waals surface area contributed by atoms with E-state index in [1.807, 2.05) is 31.2 Å². The molecule has 0 saturated heterocycles. The van der Waals surface area contributed by atoms with Gasteiger partial charge < -0.3 is 10.6 Å². The predicted molar refractivity (Wildman–Crippen MR) is 135 cm³/mol. The number of benzene rings is 3. The Bertz CT molecular complexity index is 1440. The van der Waals surface area contributed by atoms with Crippen LogP contribution < -0.4 is 10.6 Å². The third-order valence-corrected chi connectivity index (χ3v) is 6.75. The molecule has 1 atom stereocenters. The van der Waals surface area contributed by atoms with Gasteiger partial charge in [0.15, 0.2) is 17.5 Å². The molecule has 0 spiro atoms. The summed E-state index contributed by atoms with van der Waals surface area (Å²) in [7, 11) is 1.55. The molecule has 10 heteroatoms. The Balaban J connectivity index is 1.35. The molecule has 186 valence electrons. The normalized spacial score (nSPS) is 12.1. The predicted octanol–water partition coefficient (Wildman–Crippen LogP) is 5.59. The van der Waals surface area contributed by atoms with E-state index in [-0.39, 0.29) is 12.5 Å². The summed E-state index contributed by atoms with van der Waals surface area (Å²) < 4.78 is 41.3. The SMILES string of the molecule is Cc1ccc2nc(-c3ccc(NC(=O)C(C)N(C)CC(=O)Nc4ccc(F)c(F)c4F)cc3)sc2c1. The van der Waals surface area contributed by atoms with Crippen LogP contribution in [0.15, 0.2) is 54.6 Å². The highest BCUT2D eigenvalue weighted by molar-refractivity contribution is 7.21. The average molecular weight is 513 g/mol. The van der Waals surface area contributed by atoms with E-state index < -0.39 is 35.1 Å². The van der Waals surface area contributed by atoms with Crippen LogP contribution in [0.5, 0.6) is 0 Å². The minimum atomic E-state index is -1.67. The van der Waals surface area contributed by atoms with Gasteiger partial charge in [0, 0.05) is 11.3 Å². The number of thiazole rings is 1. The molecule has 4 aromatic rings. The van der Waals surface area contributed by atoms with Gasteiger partial charge in [0.05, 0.1) is 28.5 Å². The van der Waals surface area contributed by atoms with Gasteiger partial charge in [-0.05, 0) is 75.0 Å². The number of likely N-dealkylation sites (N-methyl/N-ethyl adjacent to an activating group) is 1. The van der Waals surface area contributed by atoms with Gasteiger partial charge in [0.2, 0.25) is 11.8 Å². The number of fused-ring (bicyclic) bond motifs is 1. The number of hydrogen-bond donors (Lipinski definition) is 2. The minimum absolute atomic E-state index is 0.275. The monoisotopic (exact) mass is 512 g/mol. The zero-order valence-electron chi connectivity index (χ0n) is 19.7. The molecule has 0 saturated carbocycles. The number of amides is 2. The second kappa shape index (κ2) is 10.5. The van der Waals surface area contributed by atoms with Crippen LogP contribution in [-0.4, -0.2) is 41.3 Å². The van der Waals surface area contributed by atoms with E-state index in [2.05, 4.69) is 21.7 Å². The van der Waals surface area contributed by atoms with Crippen LogP contribution in [0.3, 0.4) is 0 Å². The Labute approximate surface area is 209 Å². The molecule has 0 aliphatic heterocycles. The Kier molecular flexibility index (Phi) is 7.37. The van der Waals surface area contributed by atoms with Crippen molar-refractivity contribution in [2.75, 3.05) is 24.2 Å². The number of nitrogens with one attached hydrogen (secondary N) is 2. The Morgan fingerprint density at radius 3 is 2.44 bits per heavy atom. The molecule has 1 unspecified atom stereocenters. The third kappa shape index (κ3) is 5.55. The van der Waals surface area contributed by atoms with Crippen molar-refractivity contribution < 1.29 is 22.8 Å². The maximum atomic E-state index is 13.8. The molecule has 3 aromatic carbocycles. The van der Waals surface area contributed by atoms with Crippen molar-refractivity contribution in [3.63, 3.8) is 0 Å². The Morgan fingerprint density at radius 2 is 1.72 bits per heavy atom. The fourth-order valence-corrected chi connectivity index (χ4v) is 4.54. The lowest BCUT2D eigenvalue weighted by Crippen LogP contribution is -2.43. The molecule has 0 fully saturated rings. The Hall–Kier alpha value is -3.76. The Morgan fingerprint density at radius 1 is 1.00 bits per heavy atom. The zero-order valence-corrected chi connectivity index (χ0v) is 20.6. The smallest absolute Gasteiger partial charge is 0.241 e. The van der Waals surface area contributed by atoms with E-state index in [0.717, 1.165) is 32.9 Å². The average Bonchev–Trinajstić information content (AvgIpc) is 3.27. The van der Waals surface area contributed by atoms with Crippen LogP contribution in [0, 0.1) is 24.4 Å². The first-order chi connectivity index (χ1) is 17.1. The van der Waals surface area contributed by atoms with Crippen molar-refractivity contribution in [1.29, 1.82) is 0 Å². The molecule has 4 rings (SSSR count). The summed E-state index contributed by atoms with van der Waals surface area (Å²) in [6.07, 6.45) is 0. The number of hydrogen-bond acceptors (Lipinski definition) is 5. The van der Waals surface area contributed by atoms with Gasteiger partial charge in [0.25, 0.3) is 0 Å². The van der Waals surface area contributed by atoms with Gasteiger partial charge in [-0.15, -0.1) is 11.3 Å². The number of carbonyl (C=O) groups excluding carboxylic acids is 2. The van der Waals surface area contributed by atoms with Crippen LogP contribution in [0.4, 0.5) is 24.5 Å². The number of aromatic nitrogens is 1. The summed E-state index contributed by atoms with van der Waals surface area (Å²) in [5, 5.41) is 5.87. The number of halogens is 3. The van der Waals surface area contributed by atoms with Gasteiger partial charge in [-0.2, -0.15) is 0 Å². The lowest BCUT2D eigenvalue weighted by Gasteiger charge is -2.23. The summed E-state index contributed by atoms with van der Waals surface area (Å²) in [6, 6.07) is 14.3. The van der Waals surface area contributed by atoms with E-state index >= 15 is 0 Å². The van der Waals surface area contributed by atoms with Crippen molar-refractivity contribution in [3.05, 3.63) is 77.6 Å². The van der Waals surface area contributed by atoms with Gasteiger partial charge in [0.1, 0.15) is 5.01 Å². The summed E-state index contributed by atoms with van der Waals surface area (Å²) in [5.41, 5.74) is 3.13. The molecular formula is C26H23F3N4O2S. The fourth-order valence-electron chi connectivity index (χ4n) is 3.47. The van der Waals surface area contributed by atoms with Crippen LogP contribution in [0.25, 0.3) is 20.8 Å². The van der Waals surface area contributed by atoms with Crippen molar-refractivity contribution in [1.82, 2.24) is 9.88 Å². The summed E-state index contributed by atoms with van der Waals surface area (Å²) in [6.45, 7) is 3.37. The maximum absolute atomic E-state index is 13.8. The number of rotatable bonds is 7. The highest BCUT2D eigenvalue weighted by Gasteiger charge is 2.22. The third-order valence-electron chi connectivity index (χ3n) is 5.69. The first-order valence-electron chi connectivity index (χ1n) is 11.0. The number of nitrogens with zero attached hydrogens (tertiary/aromatic N) is 2. The largest absolute Gasteiger partial charge is 0.325 e. The van der Waals surface area contributed by atoms with E-state index in [1.165, 1.54) is 10.5 Å². The summed E-state index contributed by atoms with van der Waals surface area (Å²) >= 11 is 1.60. The van der Waals surface area contributed by atoms with E-state index in [9.17, 15) is 22.8 Å². The molecule has 0 radical (unpaired) electrons. The molecule has 0 aliphatic carbocycles. The highest BCUT2D eigenvalue weighted by Crippen LogP contribution is 2.31. The number of anilines is 2. The van der Waals surface area contributed by atoms with Crippen molar-refractivity contribution in [2.45, 2.75) is 19.9 Å². The van der Waals surface area contributed by atoms with Gasteiger partial charge in [-0.1, -0.05) is 6.07 Å². The fraction of sp³-hybridized carbons (Fsp3) is 0.192. The molecular weight excluding hydrogens is 489 g/mol. The highest BCUT2D eigenvalue weighted by atomic mass is 32.1. The second-order valence-electron chi connectivity index (χ2n) is 8.42. The number of aryl methyl sites for hydroxylation is 1. The molecule has 0 bridgehead atoms. The van der Waals surface area contributed by atoms with E-state index in [0.29, 0.717) is 5.69 Å². The van der Waals surface area contributed by atoms with Crippen LogP contribution >= 0.6 is 11.3 Å². The van der Waals surface area contributed by atoms with Gasteiger partial charge in [-0.25, -0.2) is 18.2 Å². The molecule has 2 amide bonds. The minimum Gasteiger partial charge on any atom is -0.325 e. The molecule has 1 heterocycles. The molecule has 1 aromatic heterocycles. The first-order valence-corrected chi connectivity index (χ1v) is 11.9. The summed E-state index contributed by atoms with van der Waals surface area (Å²) in [4.78, 5) is 31.0. The lowest BCUT2D eigenvalue weighted by atomic mass is 10.2. The van der Waals surface area contributed by atoms with Crippen molar-refractivity contribution in [2.24, 2.45) is 0 Å².